The second-order valence-corrected chi connectivity index (χ2v) is 9.05. The lowest BCUT2D eigenvalue weighted by Crippen LogP contribution is -2.51. The van der Waals surface area contributed by atoms with Crippen LogP contribution < -0.4 is 16.0 Å². The van der Waals surface area contributed by atoms with Crippen LogP contribution in [0.25, 0.3) is 6.08 Å². The lowest BCUT2D eigenvalue weighted by Gasteiger charge is -2.25. The number of carboxylic acids is 1. The number of benzene rings is 1. The molecule has 0 bridgehead atoms. The van der Waals surface area contributed by atoms with Crippen molar-refractivity contribution in [2.24, 2.45) is 0 Å². The van der Waals surface area contributed by atoms with Crippen LogP contribution in [0, 0.1) is 0 Å². The Morgan fingerprint density at radius 3 is 2.58 bits per heavy atom. The molecule has 2 atom stereocenters. The number of hydrogen-bond acceptors (Lipinski definition) is 6. The van der Waals surface area contributed by atoms with Crippen molar-refractivity contribution < 1.29 is 28.7 Å². The Labute approximate surface area is 217 Å². The number of carbonyl (C=O) groups excluding carboxylic acids is 3. The third-order valence-corrected chi connectivity index (χ3v) is 6.13. The zero-order chi connectivity index (χ0) is 26.2. The molecule has 10 nitrogen and oxygen atoms in total. The van der Waals surface area contributed by atoms with Crippen LogP contribution in [-0.4, -0.2) is 65.9 Å². The van der Waals surface area contributed by atoms with Crippen molar-refractivity contribution in [3.63, 3.8) is 0 Å². The summed E-state index contributed by atoms with van der Waals surface area (Å²) in [6, 6.07) is 4.57. The number of carboxylic acid groups (broad SMARTS) is 1. The van der Waals surface area contributed by atoms with Crippen molar-refractivity contribution in [3.05, 3.63) is 63.5 Å². The van der Waals surface area contributed by atoms with E-state index in [-0.39, 0.29) is 46.6 Å². The predicted molar refractivity (Wildman–Crippen MR) is 134 cm³/mol. The third-order valence-electron chi connectivity index (χ3n) is 5.53. The van der Waals surface area contributed by atoms with E-state index in [4.69, 9.17) is 27.6 Å². The molecule has 0 aliphatic carbocycles. The number of aliphatic carboxylic acids is 1. The van der Waals surface area contributed by atoms with Gasteiger partial charge in [0.05, 0.1) is 34.5 Å². The first-order chi connectivity index (χ1) is 17.2. The monoisotopic (exact) mass is 536 g/mol. The van der Waals surface area contributed by atoms with E-state index >= 15 is 0 Å². The van der Waals surface area contributed by atoms with Gasteiger partial charge in [-0.2, -0.15) is 0 Å². The summed E-state index contributed by atoms with van der Waals surface area (Å²) < 4.78 is 5.11. The Hall–Kier alpha value is -3.34. The van der Waals surface area contributed by atoms with Gasteiger partial charge >= 0.3 is 5.97 Å². The van der Waals surface area contributed by atoms with E-state index < -0.39 is 17.9 Å². The van der Waals surface area contributed by atoms with Crippen LogP contribution in [0.15, 0.2) is 41.0 Å². The highest BCUT2D eigenvalue weighted by atomic mass is 35.5. The topological polar surface area (TPSA) is 141 Å². The number of carbonyl (C=O) groups is 4. The number of rotatable bonds is 10. The lowest BCUT2D eigenvalue weighted by atomic mass is 10.1. The molecule has 3 amide bonds. The van der Waals surface area contributed by atoms with Crippen LogP contribution in [-0.2, 0) is 20.9 Å². The summed E-state index contributed by atoms with van der Waals surface area (Å²) in [6.07, 6.45) is 5.84. The SMILES string of the molecule is CN(C[C@H](NC(=O)c1c(Cl)cc(CNC(=O)/C=C/c2ccco2)cc1Cl)C(=O)O)C(=O)[C@@H]1CCCN1. The number of hydrogen-bond donors (Lipinski definition) is 4. The minimum atomic E-state index is -1.38. The van der Waals surface area contributed by atoms with E-state index in [1.54, 1.807) is 12.1 Å². The van der Waals surface area contributed by atoms with Crippen LogP contribution in [0.3, 0.4) is 0 Å². The number of nitrogens with one attached hydrogen (secondary N) is 3. The summed E-state index contributed by atoms with van der Waals surface area (Å²) in [7, 11) is 1.48. The third kappa shape index (κ3) is 7.33. The van der Waals surface area contributed by atoms with Gasteiger partial charge in [-0.1, -0.05) is 23.2 Å². The number of halogens is 2. The Morgan fingerprint density at radius 2 is 2.00 bits per heavy atom. The average molecular weight is 537 g/mol. The molecule has 1 fully saturated rings. The molecule has 192 valence electrons. The molecule has 1 aliphatic heterocycles. The summed E-state index contributed by atoms with van der Waals surface area (Å²) in [5.41, 5.74) is 0.425. The van der Waals surface area contributed by atoms with Crippen LogP contribution in [0.1, 0.15) is 34.5 Å². The summed E-state index contributed by atoms with van der Waals surface area (Å²) in [5, 5.41) is 17.7. The van der Waals surface area contributed by atoms with Crippen molar-refractivity contribution in [3.8, 4) is 0 Å². The maximum Gasteiger partial charge on any atom is 0.328 e. The van der Waals surface area contributed by atoms with Gasteiger partial charge in [-0.25, -0.2) is 4.79 Å². The first-order valence-corrected chi connectivity index (χ1v) is 11.9. The van der Waals surface area contributed by atoms with Crippen LogP contribution in [0.4, 0.5) is 0 Å². The van der Waals surface area contributed by atoms with Gasteiger partial charge in [0, 0.05) is 19.7 Å². The van der Waals surface area contributed by atoms with Gasteiger partial charge in [0.15, 0.2) is 0 Å². The Balaban J connectivity index is 1.61. The smallest absolute Gasteiger partial charge is 0.328 e. The van der Waals surface area contributed by atoms with Gasteiger partial charge in [-0.3, -0.25) is 14.4 Å². The number of nitrogens with zero attached hydrogens (tertiary/aromatic N) is 1. The molecule has 3 rings (SSSR count). The molecule has 0 radical (unpaired) electrons. The van der Waals surface area contributed by atoms with Gasteiger partial charge in [0.1, 0.15) is 11.8 Å². The van der Waals surface area contributed by atoms with Crippen molar-refractivity contribution in [2.45, 2.75) is 31.5 Å². The van der Waals surface area contributed by atoms with Crippen molar-refractivity contribution in [1.82, 2.24) is 20.9 Å². The average Bonchev–Trinajstić information content (AvgIpc) is 3.54. The van der Waals surface area contributed by atoms with E-state index in [9.17, 15) is 24.3 Å². The number of furan rings is 1. The van der Waals surface area contributed by atoms with Gasteiger partial charge in [0.2, 0.25) is 11.8 Å². The highest BCUT2D eigenvalue weighted by molar-refractivity contribution is 6.39. The fourth-order valence-electron chi connectivity index (χ4n) is 3.68. The standard InChI is InChI=1S/C24H26Cl2N4O6/c1-30(23(33)18-5-2-8-27-18)13-19(24(34)35)29-22(32)21-16(25)10-14(11-17(21)26)12-28-20(31)7-6-15-4-3-9-36-15/h3-4,6-7,9-11,18-19,27H,2,5,8,12-13H2,1H3,(H,28,31)(H,29,32)(H,34,35)/b7-6+/t18-,19-/m0/s1. The van der Waals surface area contributed by atoms with Gasteiger partial charge in [-0.05, 0) is 55.3 Å². The molecule has 12 heteroatoms. The van der Waals surface area contributed by atoms with Crippen molar-refractivity contribution in [2.75, 3.05) is 20.1 Å². The van der Waals surface area contributed by atoms with Crippen LogP contribution in [0.5, 0.6) is 0 Å². The maximum absolute atomic E-state index is 12.8. The van der Waals surface area contributed by atoms with E-state index in [2.05, 4.69) is 16.0 Å². The molecule has 0 spiro atoms. The van der Waals surface area contributed by atoms with Crippen LogP contribution >= 0.6 is 23.2 Å². The quantitative estimate of drug-likeness (QED) is 0.341. The zero-order valence-electron chi connectivity index (χ0n) is 19.4. The van der Waals surface area contributed by atoms with E-state index in [0.717, 1.165) is 13.0 Å². The lowest BCUT2D eigenvalue weighted by molar-refractivity contribution is -0.141. The molecule has 4 N–H and O–H groups in total. The minimum Gasteiger partial charge on any atom is -0.480 e. The molecule has 0 saturated carbocycles. The van der Waals surface area contributed by atoms with E-state index in [1.807, 2.05) is 0 Å². The summed E-state index contributed by atoms with van der Waals surface area (Å²) >= 11 is 12.5. The first-order valence-electron chi connectivity index (χ1n) is 11.1. The highest BCUT2D eigenvalue weighted by Crippen LogP contribution is 2.27. The fraction of sp³-hybridized carbons (Fsp3) is 0.333. The predicted octanol–water partition coefficient (Wildman–Crippen LogP) is 2.31. The largest absolute Gasteiger partial charge is 0.480 e. The molecule has 1 aromatic carbocycles. The molecule has 0 unspecified atom stereocenters. The highest BCUT2D eigenvalue weighted by Gasteiger charge is 2.30. The molecular formula is C24H26Cl2N4O6. The summed E-state index contributed by atoms with van der Waals surface area (Å²) in [5.74, 6) is -2.20. The Morgan fingerprint density at radius 1 is 1.28 bits per heavy atom. The maximum atomic E-state index is 12.8. The molecule has 1 saturated heterocycles. The van der Waals surface area contributed by atoms with Gasteiger partial charge < -0.3 is 30.4 Å². The normalized spacial score (nSPS) is 16.0. The molecule has 1 aliphatic rings. The second kappa shape index (κ2) is 12.6. The van der Waals surface area contributed by atoms with Crippen LogP contribution in [0.2, 0.25) is 10.0 Å². The summed E-state index contributed by atoms with van der Waals surface area (Å²) in [4.78, 5) is 50.4. The number of likely N-dealkylation sites (N-methyl/N-ethyl adjacent to an activating group) is 1. The Bertz CT molecular complexity index is 1120. The molecular weight excluding hydrogens is 511 g/mol. The Kier molecular flexibility index (Phi) is 9.51. The second-order valence-electron chi connectivity index (χ2n) is 8.23. The molecule has 1 aromatic heterocycles. The summed E-state index contributed by atoms with van der Waals surface area (Å²) in [6.45, 7) is 0.577. The minimum absolute atomic E-state index is 0.0147. The molecule has 36 heavy (non-hydrogen) atoms. The molecule has 2 heterocycles. The van der Waals surface area contributed by atoms with E-state index in [1.165, 1.54) is 42.5 Å². The van der Waals surface area contributed by atoms with E-state index in [0.29, 0.717) is 17.7 Å². The van der Waals surface area contributed by atoms with Gasteiger partial charge in [-0.15, -0.1) is 0 Å². The fourth-order valence-corrected chi connectivity index (χ4v) is 4.38. The molecule has 2 aromatic rings. The van der Waals surface area contributed by atoms with Crippen molar-refractivity contribution in [1.29, 1.82) is 0 Å². The van der Waals surface area contributed by atoms with Gasteiger partial charge in [0.25, 0.3) is 5.91 Å². The number of amides is 3. The first kappa shape index (κ1) is 27.3. The zero-order valence-corrected chi connectivity index (χ0v) is 20.9. The van der Waals surface area contributed by atoms with Crippen molar-refractivity contribution >= 4 is 53.0 Å².